The zero-order chi connectivity index (χ0) is 27.5. The molecule has 3 aromatic carbocycles. The maximum Gasteiger partial charge on any atom is 0.261 e. The minimum Gasteiger partial charge on any atom is -0.484 e. The number of rotatable bonds is 13. The average Bonchev–Trinajstić information content (AvgIpc) is 2.92. The number of hydrogen-bond donors (Lipinski definition) is 2. The van der Waals surface area contributed by atoms with E-state index in [1.807, 2.05) is 30.3 Å². The fourth-order valence-corrected chi connectivity index (χ4v) is 4.52. The van der Waals surface area contributed by atoms with Gasteiger partial charge in [0.1, 0.15) is 17.6 Å². The minimum absolute atomic E-state index is 0.0347. The number of sulfonamides is 1. The number of halogens is 1. The number of amides is 2. The molecule has 9 nitrogen and oxygen atoms in total. The van der Waals surface area contributed by atoms with Gasteiger partial charge in [-0.15, -0.1) is 0 Å². The van der Waals surface area contributed by atoms with Crippen LogP contribution in [-0.4, -0.2) is 58.0 Å². The Kier molecular flexibility index (Phi) is 10.2. The molecule has 2 N–H and O–H groups in total. The van der Waals surface area contributed by atoms with Crippen LogP contribution in [0, 0.1) is 5.82 Å². The summed E-state index contributed by atoms with van der Waals surface area (Å²) in [4.78, 5) is 27.1. The zero-order valence-electron chi connectivity index (χ0n) is 21.1. The van der Waals surface area contributed by atoms with Crippen molar-refractivity contribution in [2.45, 2.75) is 24.4 Å². The Morgan fingerprint density at radius 3 is 2.26 bits per heavy atom. The van der Waals surface area contributed by atoms with Gasteiger partial charge in [0.05, 0.1) is 11.5 Å². The lowest BCUT2D eigenvalue weighted by Crippen LogP contribution is -2.49. The molecular weight excluding hydrogens is 513 g/mol. The first-order chi connectivity index (χ1) is 18.2. The standard InChI is InChI=1S/C27H30FN3O6S/c1-20(27(33)29-16-17-36-2)31(18-21-6-4-3-5-7-21)26(32)19-37-24-12-14-25(15-13-24)38(34,35)30-23-10-8-22(28)9-11-23/h3-15,20,30H,16-19H2,1-2H3,(H,29,33)/t20-/m1/s1. The Bertz CT molecular complexity index is 1300. The Labute approximate surface area is 221 Å². The van der Waals surface area contributed by atoms with Crippen LogP contribution in [0.2, 0.25) is 0 Å². The van der Waals surface area contributed by atoms with Crippen molar-refractivity contribution >= 4 is 27.5 Å². The van der Waals surface area contributed by atoms with E-state index in [0.29, 0.717) is 13.2 Å². The van der Waals surface area contributed by atoms with Gasteiger partial charge >= 0.3 is 0 Å². The molecule has 0 radical (unpaired) electrons. The summed E-state index contributed by atoms with van der Waals surface area (Å²) in [6, 6.07) is 18.9. The Balaban J connectivity index is 1.65. The number of hydrogen-bond acceptors (Lipinski definition) is 6. The largest absolute Gasteiger partial charge is 0.484 e. The molecule has 0 heterocycles. The van der Waals surface area contributed by atoms with E-state index in [1.54, 1.807) is 6.92 Å². The van der Waals surface area contributed by atoms with Crippen molar-refractivity contribution in [2.75, 3.05) is 31.6 Å². The second-order valence-corrected chi connectivity index (χ2v) is 10.0. The number of nitrogens with one attached hydrogen (secondary N) is 2. The summed E-state index contributed by atoms with van der Waals surface area (Å²) < 4.78 is 51.2. The molecule has 11 heteroatoms. The van der Waals surface area contributed by atoms with Crippen molar-refractivity contribution in [3.05, 3.63) is 90.2 Å². The smallest absolute Gasteiger partial charge is 0.261 e. The molecule has 0 aliphatic heterocycles. The molecule has 0 aliphatic carbocycles. The maximum atomic E-state index is 13.1. The number of nitrogens with zero attached hydrogens (tertiary/aromatic N) is 1. The molecule has 0 aromatic heterocycles. The van der Waals surface area contributed by atoms with E-state index in [9.17, 15) is 22.4 Å². The first-order valence-corrected chi connectivity index (χ1v) is 13.3. The lowest BCUT2D eigenvalue weighted by molar-refractivity contribution is -0.142. The molecular formula is C27H30FN3O6S. The van der Waals surface area contributed by atoms with Crippen LogP contribution in [0.5, 0.6) is 5.75 Å². The van der Waals surface area contributed by atoms with Gasteiger partial charge in [0.15, 0.2) is 6.61 Å². The van der Waals surface area contributed by atoms with Gasteiger partial charge in [0.2, 0.25) is 5.91 Å². The van der Waals surface area contributed by atoms with Crippen molar-refractivity contribution in [3.63, 3.8) is 0 Å². The molecule has 0 saturated carbocycles. The van der Waals surface area contributed by atoms with Crippen LogP contribution in [0.15, 0.2) is 83.8 Å². The molecule has 0 spiro atoms. The van der Waals surface area contributed by atoms with Gasteiger partial charge in [0.25, 0.3) is 15.9 Å². The van der Waals surface area contributed by atoms with E-state index in [0.717, 1.165) is 17.7 Å². The second kappa shape index (κ2) is 13.5. The van der Waals surface area contributed by atoms with Crippen molar-refractivity contribution < 1.29 is 31.9 Å². The van der Waals surface area contributed by atoms with E-state index in [4.69, 9.17) is 9.47 Å². The topological polar surface area (TPSA) is 114 Å². The van der Waals surface area contributed by atoms with Crippen LogP contribution in [0.4, 0.5) is 10.1 Å². The molecule has 202 valence electrons. The van der Waals surface area contributed by atoms with Crippen LogP contribution in [0.3, 0.4) is 0 Å². The predicted molar refractivity (Wildman–Crippen MR) is 140 cm³/mol. The molecule has 1 atom stereocenters. The lowest BCUT2D eigenvalue weighted by Gasteiger charge is -2.28. The summed E-state index contributed by atoms with van der Waals surface area (Å²) in [5, 5.41) is 2.74. The van der Waals surface area contributed by atoms with Crippen molar-refractivity contribution in [2.24, 2.45) is 0 Å². The molecule has 3 aromatic rings. The summed E-state index contributed by atoms with van der Waals surface area (Å²) in [5.41, 5.74) is 1.07. The van der Waals surface area contributed by atoms with Gasteiger partial charge in [-0.1, -0.05) is 30.3 Å². The van der Waals surface area contributed by atoms with Crippen molar-refractivity contribution in [1.82, 2.24) is 10.2 Å². The number of benzene rings is 3. The van der Waals surface area contributed by atoms with E-state index in [1.165, 1.54) is 48.4 Å². The summed E-state index contributed by atoms with van der Waals surface area (Å²) in [7, 11) is -2.38. The minimum atomic E-state index is -3.91. The summed E-state index contributed by atoms with van der Waals surface area (Å²) in [6.07, 6.45) is 0. The van der Waals surface area contributed by atoms with Gasteiger partial charge in [-0.2, -0.15) is 0 Å². The predicted octanol–water partition coefficient (Wildman–Crippen LogP) is 3.19. The molecule has 0 bridgehead atoms. The summed E-state index contributed by atoms with van der Waals surface area (Å²) >= 11 is 0. The molecule has 38 heavy (non-hydrogen) atoms. The monoisotopic (exact) mass is 543 g/mol. The molecule has 0 saturated heterocycles. The lowest BCUT2D eigenvalue weighted by atomic mass is 10.1. The highest BCUT2D eigenvalue weighted by Crippen LogP contribution is 2.20. The maximum absolute atomic E-state index is 13.1. The SMILES string of the molecule is COCCNC(=O)[C@@H](C)N(Cc1ccccc1)C(=O)COc1ccc(S(=O)(=O)Nc2ccc(F)cc2)cc1. The normalized spacial score (nSPS) is 11.9. The number of carbonyl (C=O) groups excluding carboxylic acids is 2. The number of carbonyl (C=O) groups is 2. The van der Waals surface area contributed by atoms with E-state index in [-0.39, 0.29) is 35.4 Å². The molecule has 2 amide bonds. The first-order valence-electron chi connectivity index (χ1n) is 11.8. The summed E-state index contributed by atoms with van der Waals surface area (Å²) in [6.45, 7) is 2.14. The van der Waals surface area contributed by atoms with E-state index < -0.39 is 27.8 Å². The van der Waals surface area contributed by atoms with E-state index >= 15 is 0 Å². The molecule has 0 fully saturated rings. The van der Waals surface area contributed by atoms with Crippen LogP contribution in [-0.2, 0) is 30.9 Å². The van der Waals surface area contributed by atoms with Crippen LogP contribution >= 0.6 is 0 Å². The van der Waals surface area contributed by atoms with Crippen molar-refractivity contribution in [1.29, 1.82) is 0 Å². The fraction of sp³-hybridized carbons (Fsp3) is 0.259. The van der Waals surface area contributed by atoms with Gasteiger partial charge in [0, 0.05) is 25.9 Å². The fourth-order valence-electron chi connectivity index (χ4n) is 3.46. The Morgan fingerprint density at radius 2 is 1.63 bits per heavy atom. The van der Waals surface area contributed by atoms with Crippen LogP contribution in [0.25, 0.3) is 0 Å². The van der Waals surface area contributed by atoms with Gasteiger partial charge in [-0.3, -0.25) is 14.3 Å². The third-order valence-corrected chi connectivity index (χ3v) is 6.96. The highest BCUT2D eigenvalue weighted by atomic mass is 32.2. The Hall–Kier alpha value is -3.96. The number of anilines is 1. The zero-order valence-corrected chi connectivity index (χ0v) is 21.9. The molecule has 3 rings (SSSR count). The highest BCUT2D eigenvalue weighted by molar-refractivity contribution is 7.92. The molecule has 0 aliphatic rings. The van der Waals surface area contributed by atoms with Crippen LogP contribution in [0.1, 0.15) is 12.5 Å². The average molecular weight is 544 g/mol. The van der Waals surface area contributed by atoms with E-state index in [2.05, 4.69) is 10.0 Å². The third-order valence-electron chi connectivity index (χ3n) is 5.56. The molecule has 0 unspecified atom stereocenters. The third kappa shape index (κ3) is 8.29. The first kappa shape index (κ1) is 28.6. The van der Waals surface area contributed by atoms with Crippen LogP contribution < -0.4 is 14.8 Å². The number of ether oxygens (including phenoxy) is 2. The highest BCUT2D eigenvalue weighted by Gasteiger charge is 2.26. The quantitative estimate of drug-likeness (QED) is 0.320. The van der Waals surface area contributed by atoms with Gasteiger partial charge in [-0.05, 0) is 61.0 Å². The van der Waals surface area contributed by atoms with Gasteiger partial charge in [-0.25, -0.2) is 12.8 Å². The van der Waals surface area contributed by atoms with Gasteiger partial charge < -0.3 is 19.7 Å². The van der Waals surface area contributed by atoms with Crippen molar-refractivity contribution in [3.8, 4) is 5.75 Å². The second-order valence-electron chi connectivity index (χ2n) is 8.34. The number of methoxy groups -OCH3 is 1. The summed E-state index contributed by atoms with van der Waals surface area (Å²) in [5.74, 6) is -0.948. The Morgan fingerprint density at radius 1 is 0.974 bits per heavy atom.